The van der Waals surface area contributed by atoms with Crippen LogP contribution in [0.5, 0.6) is 5.75 Å². The Morgan fingerprint density at radius 3 is 2.44 bits per heavy atom. The molecule has 9 heteroatoms. The number of carbonyl (C=O) groups is 1. The summed E-state index contributed by atoms with van der Waals surface area (Å²) in [6.45, 7) is 6.21. The van der Waals surface area contributed by atoms with Gasteiger partial charge in [0.25, 0.3) is 0 Å². The van der Waals surface area contributed by atoms with Crippen molar-refractivity contribution in [3.8, 4) is 11.4 Å². The van der Waals surface area contributed by atoms with Crippen LogP contribution in [0, 0.1) is 5.82 Å². The summed E-state index contributed by atoms with van der Waals surface area (Å²) in [5.41, 5.74) is 2.52. The average molecular weight is 525 g/mol. The minimum Gasteiger partial charge on any atom is -0.483 e. The van der Waals surface area contributed by atoms with Crippen molar-refractivity contribution in [2.24, 2.45) is 0 Å². The molecule has 0 aliphatic carbocycles. The lowest BCUT2D eigenvalue weighted by Crippen LogP contribution is -2.15. The lowest BCUT2D eigenvalue weighted by molar-refractivity contribution is -0.113. The van der Waals surface area contributed by atoms with E-state index in [4.69, 9.17) is 16.3 Å². The Labute approximate surface area is 218 Å². The molecule has 1 amide bonds. The molecule has 4 aromatic rings. The van der Waals surface area contributed by atoms with Crippen molar-refractivity contribution in [3.63, 3.8) is 0 Å². The van der Waals surface area contributed by atoms with Gasteiger partial charge in [-0.15, -0.1) is 10.2 Å². The summed E-state index contributed by atoms with van der Waals surface area (Å²) in [5, 5.41) is 12.0. The van der Waals surface area contributed by atoms with Crippen LogP contribution in [-0.2, 0) is 4.79 Å². The van der Waals surface area contributed by atoms with Crippen LogP contribution in [0.3, 0.4) is 0 Å². The van der Waals surface area contributed by atoms with Crippen LogP contribution >= 0.6 is 23.4 Å². The van der Waals surface area contributed by atoms with Crippen LogP contribution in [0.1, 0.15) is 44.2 Å². The SMILES string of the molecule is CC(C)c1ccc(OC(C)c2nnc(SCC(=O)Nc3ccc(F)c(Cl)c3)n2-c2ccccc2)cc1. The maximum Gasteiger partial charge on any atom is 0.234 e. The van der Waals surface area contributed by atoms with E-state index in [9.17, 15) is 9.18 Å². The van der Waals surface area contributed by atoms with Gasteiger partial charge in [0.15, 0.2) is 17.1 Å². The van der Waals surface area contributed by atoms with Gasteiger partial charge in [0, 0.05) is 11.4 Å². The van der Waals surface area contributed by atoms with Gasteiger partial charge in [-0.3, -0.25) is 9.36 Å². The van der Waals surface area contributed by atoms with Crippen molar-refractivity contribution in [1.82, 2.24) is 14.8 Å². The summed E-state index contributed by atoms with van der Waals surface area (Å²) in [4.78, 5) is 12.5. The number of halogens is 2. The maximum atomic E-state index is 13.4. The van der Waals surface area contributed by atoms with E-state index in [1.165, 1.54) is 35.5 Å². The zero-order valence-corrected chi connectivity index (χ0v) is 21.7. The largest absolute Gasteiger partial charge is 0.483 e. The molecule has 0 fully saturated rings. The van der Waals surface area contributed by atoms with E-state index in [2.05, 4.69) is 41.5 Å². The second-order valence-corrected chi connectivity index (χ2v) is 9.81. The van der Waals surface area contributed by atoms with Gasteiger partial charge >= 0.3 is 0 Å². The quantitative estimate of drug-likeness (QED) is 0.237. The minimum absolute atomic E-state index is 0.0539. The highest BCUT2D eigenvalue weighted by molar-refractivity contribution is 7.99. The molecule has 4 rings (SSSR count). The van der Waals surface area contributed by atoms with E-state index < -0.39 is 11.9 Å². The molecule has 0 saturated carbocycles. The molecule has 1 atom stereocenters. The molecule has 0 bridgehead atoms. The average Bonchev–Trinajstić information content (AvgIpc) is 3.30. The highest BCUT2D eigenvalue weighted by Gasteiger charge is 2.22. The van der Waals surface area contributed by atoms with Crippen molar-refractivity contribution in [2.75, 3.05) is 11.1 Å². The molecule has 186 valence electrons. The van der Waals surface area contributed by atoms with E-state index in [1.807, 2.05) is 54.0 Å². The number of nitrogens with zero attached hydrogens (tertiary/aromatic N) is 3. The predicted octanol–water partition coefficient (Wildman–Crippen LogP) is 7.05. The molecule has 1 unspecified atom stereocenters. The fourth-order valence-electron chi connectivity index (χ4n) is 3.55. The number of hydrogen-bond donors (Lipinski definition) is 1. The van der Waals surface area contributed by atoms with Crippen LogP contribution in [0.4, 0.5) is 10.1 Å². The first-order valence-electron chi connectivity index (χ1n) is 11.5. The van der Waals surface area contributed by atoms with Gasteiger partial charge < -0.3 is 10.1 Å². The molecule has 0 aliphatic heterocycles. The number of anilines is 1. The van der Waals surface area contributed by atoms with Gasteiger partial charge in [0.1, 0.15) is 11.6 Å². The number of hydrogen-bond acceptors (Lipinski definition) is 5. The van der Waals surface area contributed by atoms with Crippen LogP contribution in [-0.4, -0.2) is 26.4 Å². The number of para-hydroxylation sites is 1. The molecule has 6 nitrogen and oxygen atoms in total. The Balaban J connectivity index is 1.51. The number of benzene rings is 3. The van der Waals surface area contributed by atoms with Crippen molar-refractivity contribution in [1.29, 1.82) is 0 Å². The third-order valence-electron chi connectivity index (χ3n) is 5.43. The van der Waals surface area contributed by atoms with E-state index >= 15 is 0 Å². The van der Waals surface area contributed by atoms with Gasteiger partial charge in [-0.05, 0) is 60.9 Å². The highest BCUT2D eigenvalue weighted by atomic mass is 35.5. The molecule has 36 heavy (non-hydrogen) atoms. The molecule has 0 radical (unpaired) electrons. The molecule has 1 N–H and O–H groups in total. The number of ether oxygens (including phenoxy) is 1. The van der Waals surface area contributed by atoms with Crippen molar-refractivity contribution in [2.45, 2.75) is 37.9 Å². The number of aromatic nitrogens is 3. The van der Waals surface area contributed by atoms with Gasteiger partial charge in [-0.25, -0.2) is 4.39 Å². The summed E-state index contributed by atoms with van der Waals surface area (Å²) in [6, 6.07) is 21.7. The monoisotopic (exact) mass is 524 g/mol. The summed E-state index contributed by atoms with van der Waals surface area (Å²) in [6.07, 6.45) is -0.396. The second kappa shape index (κ2) is 11.6. The fourth-order valence-corrected chi connectivity index (χ4v) is 4.49. The normalized spacial score (nSPS) is 11.9. The first-order chi connectivity index (χ1) is 17.3. The Kier molecular flexibility index (Phi) is 8.28. The van der Waals surface area contributed by atoms with Crippen LogP contribution in [0.2, 0.25) is 5.02 Å². The number of thioether (sulfide) groups is 1. The zero-order chi connectivity index (χ0) is 25.7. The number of amides is 1. The smallest absolute Gasteiger partial charge is 0.234 e. The molecule has 1 heterocycles. The molecule has 1 aromatic heterocycles. The molecular formula is C27H26ClFN4O2S. The van der Waals surface area contributed by atoms with Crippen LogP contribution in [0.15, 0.2) is 78.0 Å². The first-order valence-corrected chi connectivity index (χ1v) is 12.8. The Morgan fingerprint density at radius 1 is 1.06 bits per heavy atom. The predicted molar refractivity (Wildman–Crippen MR) is 142 cm³/mol. The number of rotatable bonds is 9. The summed E-state index contributed by atoms with van der Waals surface area (Å²) in [5.74, 6) is 1.05. The van der Waals surface area contributed by atoms with Crippen molar-refractivity contribution < 1.29 is 13.9 Å². The summed E-state index contributed by atoms with van der Waals surface area (Å²) >= 11 is 7.05. The Morgan fingerprint density at radius 2 is 1.78 bits per heavy atom. The standard InChI is InChI=1S/C27H26ClFN4O2S/c1-17(2)19-9-12-22(13-10-19)35-18(3)26-31-32-27(33(26)21-7-5-4-6-8-21)36-16-25(34)30-20-11-14-24(29)23(28)15-20/h4-15,17-18H,16H2,1-3H3,(H,30,34). The number of nitrogens with one attached hydrogen (secondary N) is 1. The molecule has 0 aliphatic rings. The molecular weight excluding hydrogens is 499 g/mol. The third kappa shape index (κ3) is 6.25. The van der Waals surface area contributed by atoms with Gasteiger partial charge in [-0.2, -0.15) is 0 Å². The van der Waals surface area contributed by atoms with E-state index in [-0.39, 0.29) is 16.7 Å². The topological polar surface area (TPSA) is 69.0 Å². The maximum absolute atomic E-state index is 13.4. The van der Waals surface area contributed by atoms with E-state index in [0.717, 1.165) is 11.4 Å². The van der Waals surface area contributed by atoms with E-state index in [0.29, 0.717) is 22.6 Å². The van der Waals surface area contributed by atoms with Crippen molar-refractivity contribution >= 4 is 35.0 Å². The van der Waals surface area contributed by atoms with Gasteiger partial charge in [0.05, 0.1) is 10.8 Å². The minimum atomic E-state index is -0.542. The molecule has 0 saturated heterocycles. The van der Waals surface area contributed by atoms with Gasteiger partial charge in [0.2, 0.25) is 5.91 Å². The third-order valence-corrected chi connectivity index (χ3v) is 6.65. The molecule has 0 spiro atoms. The highest BCUT2D eigenvalue weighted by Crippen LogP contribution is 2.29. The Bertz CT molecular complexity index is 1330. The zero-order valence-electron chi connectivity index (χ0n) is 20.1. The lowest BCUT2D eigenvalue weighted by Gasteiger charge is -2.17. The lowest BCUT2D eigenvalue weighted by atomic mass is 10.0. The van der Waals surface area contributed by atoms with Gasteiger partial charge in [-0.1, -0.05) is 67.5 Å². The second-order valence-electron chi connectivity index (χ2n) is 8.46. The fraction of sp³-hybridized carbons (Fsp3) is 0.222. The molecule has 3 aromatic carbocycles. The first kappa shape index (κ1) is 25.7. The van der Waals surface area contributed by atoms with Crippen molar-refractivity contribution in [3.05, 3.63) is 95.0 Å². The van der Waals surface area contributed by atoms with E-state index in [1.54, 1.807) is 0 Å². The number of carbonyl (C=O) groups excluding carboxylic acids is 1. The van der Waals surface area contributed by atoms with Crippen LogP contribution < -0.4 is 10.1 Å². The summed E-state index contributed by atoms with van der Waals surface area (Å²) < 4.78 is 21.5. The summed E-state index contributed by atoms with van der Waals surface area (Å²) in [7, 11) is 0. The van der Waals surface area contributed by atoms with Crippen LogP contribution in [0.25, 0.3) is 5.69 Å². The Hall–Kier alpha value is -3.36.